The zero-order valence-electron chi connectivity index (χ0n) is 11.3. The second-order valence-electron chi connectivity index (χ2n) is 4.86. The van der Waals surface area contributed by atoms with Crippen LogP contribution in [0.1, 0.15) is 22.5 Å². The van der Waals surface area contributed by atoms with Gasteiger partial charge in [0.15, 0.2) is 0 Å². The third-order valence-corrected chi connectivity index (χ3v) is 4.83. The second kappa shape index (κ2) is 7.19. The summed E-state index contributed by atoms with van der Waals surface area (Å²) in [4.78, 5) is 26.1. The molecule has 0 unspecified atom stereocenters. The van der Waals surface area contributed by atoms with Crippen molar-refractivity contribution in [1.82, 2.24) is 15.5 Å². The van der Waals surface area contributed by atoms with Gasteiger partial charge in [-0.2, -0.15) is 0 Å². The molecule has 0 spiro atoms. The van der Waals surface area contributed by atoms with Crippen molar-refractivity contribution in [3.8, 4) is 0 Å². The molecule has 1 aliphatic heterocycles. The number of piperidine rings is 1. The van der Waals surface area contributed by atoms with Gasteiger partial charge in [0.05, 0.1) is 15.2 Å². The number of rotatable bonds is 4. The van der Waals surface area contributed by atoms with E-state index in [1.807, 2.05) is 6.07 Å². The SMILES string of the molecule is CN(CC(=O)NC1CCNCC1)C(=O)c1ccc(Br)s1. The summed E-state index contributed by atoms with van der Waals surface area (Å²) in [5.74, 6) is -0.218. The Labute approximate surface area is 130 Å². The highest BCUT2D eigenvalue weighted by Gasteiger charge is 2.19. The minimum atomic E-state index is -0.124. The minimum Gasteiger partial charge on any atom is -0.352 e. The van der Waals surface area contributed by atoms with Crippen molar-refractivity contribution in [2.45, 2.75) is 18.9 Å². The summed E-state index contributed by atoms with van der Waals surface area (Å²) in [6, 6.07) is 3.82. The molecule has 0 aromatic carbocycles. The van der Waals surface area contributed by atoms with Gasteiger partial charge in [0.1, 0.15) is 0 Å². The maximum Gasteiger partial charge on any atom is 0.264 e. The van der Waals surface area contributed by atoms with E-state index in [1.54, 1.807) is 13.1 Å². The summed E-state index contributed by atoms with van der Waals surface area (Å²) >= 11 is 4.70. The van der Waals surface area contributed by atoms with Crippen molar-refractivity contribution in [3.05, 3.63) is 20.8 Å². The zero-order chi connectivity index (χ0) is 14.5. The molecule has 0 bridgehead atoms. The van der Waals surface area contributed by atoms with Gasteiger partial charge in [-0.25, -0.2) is 0 Å². The van der Waals surface area contributed by atoms with Crippen molar-refractivity contribution in [2.75, 3.05) is 26.7 Å². The van der Waals surface area contributed by atoms with Crippen molar-refractivity contribution in [2.24, 2.45) is 0 Å². The molecule has 2 heterocycles. The fraction of sp³-hybridized carbons (Fsp3) is 0.538. The predicted octanol–water partition coefficient (Wildman–Crippen LogP) is 1.45. The number of carbonyl (C=O) groups is 2. The third kappa shape index (κ3) is 4.29. The van der Waals surface area contributed by atoms with E-state index < -0.39 is 0 Å². The number of hydrogen-bond donors (Lipinski definition) is 2. The van der Waals surface area contributed by atoms with E-state index in [0.29, 0.717) is 4.88 Å². The van der Waals surface area contributed by atoms with Crippen LogP contribution < -0.4 is 10.6 Å². The Morgan fingerprint density at radius 2 is 2.15 bits per heavy atom. The Hall–Kier alpha value is -0.920. The van der Waals surface area contributed by atoms with E-state index in [1.165, 1.54) is 16.2 Å². The number of carbonyl (C=O) groups excluding carboxylic acids is 2. The van der Waals surface area contributed by atoms with Gasteiger partial charge in [-0.05, 0) is 54.0 Å². The molecule has 1 aliphatic rings. The highest BCUT2D eigenvalue weighted by Crippen LogP contribution is 2.22. The number of thiophene rings is 1. The quantitative estimate of drug-likeness (QED) is 0.855. The van der Waals surface area contributed by atoms with E-state index in [9.17, 15) is 9.59 Å². The van der Waals surface area contributed by atoms with Crippen LogP contribution in [0.3, 0.4) is 0 Å². The standard InChI is InChI=1S/C13H18BrN3O2S/c1-17(13(19)10-2-3-11(14)20-10)8-12(18)16-9-4-6-15-7-5-9/h2-3,9,15H,4-8H2,1H3,(H,16,18). The highest BCUT2D eigenvalue weighted by molar-refractivity contribution is 9.11. The third-order valence-electron chi connectivity index (χ3n) is 3.22. The number of amides is 2. The first-order valence-corrected chi connectivity index (χ1v) is 8.18. The average molecular weight is 360 g/mol. The number of halogens is 1. The van der Waals surface area contributed by atoms with Gasteiger partial charge in [-0.1, -0.05) is 0 Å². The summed E-state index contributed by atoms with van der Waals surface area (Å²) < 4.78 is 0.911. The molecule has 2 N–H and O–H groups in total. The first kappa shape index (κ1) is 15.5. The molecule has 0 saturated carbocycles. The summed E-state index contributed by atoms with van der Waals surface area (Å²) in [6.07, 6.45) is 1.89. The molecule has 2 amide bonds. The summed E-state index contributed by atoms with van der Waals surface area (Å²) in [5, 5.41) is 6.23. The van der Waals surface area contributed by atoms with Gasteiger partial charge >= 0.3 is 0 Å². The van der Waals surface area contributed by atoms with Crippen LogP contribution in [0.2, 0.25) is 0 Å². The Morgan fingerprint density at radius 1 is 1.45 bits per heavy atom. The van der Waals surface area contributed by atoms with Gasteiger partial charge in [-0.3, -0.25) is 9.59 Å². The normalized spacial score (nSPS) is 15.9. The Morgan fingerprint density at radius 3 is 2.75 bits per heavy atom. The maximum absolute atomic E-state index is 12.1. The summed E-state index contributed by atoms with van der Waals surface area (Å²) in [6.45, 7) is 1.96. The fourth-order valence-corrected chi connectivity index (χ4v) is 3.52. The smallest absolute Gasteiger partial charge is 0.264 e. The number of nitrogens with one attached hydrogen (secondary N) is 2. The highest BCUT2D eigenvalue weighted by atomic mass is 79.9. The molecule has 1 aromatic heterocycles. The Kier molecular flexibility index (Phi) is 5.56. The van der Waals surface area contributed by atoms with E-state index in [0.717, 1.165) is 29.7 Å². The summed E-state index contributed by atoms with van der Waals surface area (Å²) in [5.41, 5.74) is 0. The fourth-order valence-electron chi connectivity index (χ4n) is 2.14. The first-order valence-electron chi connectivity index (χ1n) is 6.57. The van der Waals surface area contributed by atoms with Gasteiger partial charge in [0, 0.05) is 13.1 Å². The lowest BCUT2D eigenvalue weighted by Crippen LogP contribution is -2.46. The van der Waals surface area contributed by atoms with E-state index in [4.69, 9.17) is 0 Å². The van der Waals surface area contributed by atoms with Gasteiger partial charge in [0.2, 0.25) is 5.91 Å². The van der Waals surface area contributed by atoms with Crippen LogP contribution >= 0.6 is 27.3 Å². The maximum atomic E-state index is 12.1. The van der Waals surface area contributed by atoms with Crippen LogP contribution in [-0.2, 0) is 4.79 Å². The molecule has 0 radical (unpaired) electrons. The first-order chi connectivity index (χ1) is 9.56. The van der Waals surface area contributed by atoms with Crippen LogP contribution in [0.4, 0.5) is 0 Å². The van der Waals surface area contributed by atoms with Crippen molar-refractivity contribution in [1.29, 1.82) is 0 Å². The number of hydrogen-bond acceptors (Lipinski definition) is 4. The monoisotopic (exact) mass is 359 g/mol. The molecule has 1 fully saturated rings. The molecule has 0 atom stereocenters. The second-order valence-corrected chi connectivity index (χ2v) is 7.32. The van der Waals surface area contributed by atoms with E-state index >= 15 is 0 Å². The van der Waals surface area contributed by atoms with E-state index in [-0.39, 0.29) is 24.4 Å². The molecule has 20 heavy (non-hydrogen) atoms. The van der Waals surface area contributed by atoms with Crippen LogP contribution in [0.15, 0.2) is 15.9 Å². The molecule has 7 heteroatoms. The predicted molar refractivity (Wildman–Crippen MR) is 83.0 cm³/mol. The number of nitrogens with zero attached hydrogens (tertiary/aromatic N) is 1. The van der Waals surface area contributed by atoms with Crippen LogP contribution in [-0.4, -0.2) is 49.4 Å². The molecule has 5 nitrogen and oxygen atoms in total. The minimum absolute atomic E-state index is 0.0941. The average Bonchev–Trinajstić information content (AvgIpc) is 2.85. The van der Waals surface area contributed by atoms with Crippen molar-refractivity contribution in [3.63, 3.8) is 0 Å². The van der Waals surface area contributed by atoms with Gasteiger partial charge in [0.25, 0.3) is 5.91 Å². The van der Waals surface area contributed by atoms with Crippen molar-refractivity contribution >= 4 is 39.1 Å². The molecule has 1 saturated heterocycles. The number of likely N-dealkylation sites (N-methyl/N-ethyl adjacent to an activating group) is 1. The lowest BCUT2D eigenvalue weighted by molar-refractivity contribution is -0.122. The molecule has 110 valence electrons. The summed E-state index contributed by atoms with van der Waals surface area (Å²) in [7, 11) is 1.65. The molecule has 0 aliphatic carbocycles. The van der Waals surface area contributed by atoms with Crippen molar-refractivity contribution < 1.29 is 9.59 Å². The van der Waals surface area contributed by atoms with Gasteiger partial charge in [-0.15, -0.1) is 11.3 Å². The van der Waals surface area contributed by atoms with Crippen LogP contribution in [0.5, 0.6) is 0 Å². The topological polar surface area (TPSA) is 61.4 Å². The van der Waals surface area contributed by atoms with E-state index in [2.05, 4.69) is 26.6 Å². The van der Waals surface area contributed by atoms with Crippen LogP contribution in [0.25, 0.3) is 0 Å². The zero-order valence-corrected chi connectivity index (χ0v) is 13.7. The molecule has 1 aromatic rings. The Bertz CT molecular complexity index is 486. The lowest BCUT2D eigenvalue weighted by Gasteiger charge is -2.25. The van der Waals surface area contributed by atoms with Gasteiger partial charge < -0.3 is 15.5 Å². The van der Waals surface area contributed by atoms with Crippen LogP contribution in [0, 0.1) is 0 Å². The molecular weight excluding hydrogens is 342 g/mol. The molecule has 2 rings (SSSR count). The Balaban J connectivity index is 1.82. The molecular formula is C13H18BrN3O2S. The lowest BCUT2D eigenvalue weighted by atomic mass is 10.1. The largest absolute Gasteiger partial charge is 0.352 e.